The zero-order valence-electron chi connectivity index (χ0n) is 17.4. The topological polar surface area (TPSA) is 94.6 Å². The van der Waals surface area contributed by atoms with Gasteiger partial charge in [0.15, 0.2) is 0 Å². The highest BCUT2D eigenvalue weighted by atomic mass is 16.2. The average Bonchev–Trinajstić information content (AvgIpc) is 3.24. The Morgan fingerprint density at radius 3 is 2.71 bits per heavy atom. The van der Waals surface area contributed by atoms with Gasteiger partial charge in [0.25, 0.3) is 5.91 Å². The molecule has 162 valence electrons. The van der Waals surface area contributed by atoms with Crippen LogP contribution in [0.25, 0.3) is 0 Å². The molecule has 3 heterocycles. The molecule has 0 radical (unpaired) electrons. The number of nitrogens with zero attached hydrogens (tertiary/aromatic N) is 3. The molecule has 0 aliphatic carbocycles. The molecule has 0 saturated carbocycles. The Balaban J connectivity index is 1.49. The number of carbonyl (C=O) groups excluding carboxylic acids is 3. The van der Waals surface area contributed by atoms with E-state index in [4.69, 9.17) is 0 Å². The largest absolute Gasteiger partial charge is 0.348 e. The van der Waals surface area contributed by atoms with Crippen LogP contribution in [0.4, 0.5) is 4.79 Å². The third-order valence-corrected chi connectivity index (χ3v) is 5.80. The molecule has 2 fully saturated rings. The predicted octanol–water partition coefficient (Wildman–Crippen LogP) is 2.09. The molecule has 0 unspecified atom stereocenters. The summed E-state index contributed by atoms with van der Waals surface area (Å²) < 4.78 is 0. The van der Waals surface area contributed by atoms with Crippen LogP contribution in [0.3, 0.4) is 0 Å². The summed E-state index contributed by atoms with van der Waals surface area (Å²) >= 11 is 0. The van der Waals surface area contributed by atoms with E-state index in [0.717, 1.165) is 31.4 Å². The van der Waals surface area contributed by atoms with Crippen LogP contribution in [0.1, 0.15) is 46.9 Å². The van der Waals surface area contributed by atoms with Gasteiger partial charge in [0.2, 0.25) is 5.91 Å². The van der Waals surface area contributed by atoms with Gasteiger partial charge in [-0.15, -0.1) is 0 Å². The van der Waals surface area contributed by atoms with E-state index < -0.39 is 0 Å². The number of imide groups is 1. The number of hydrogen-bond acceptors (Lipinski definition) is 5. The smallest absolute Gasteiger partial charge is 0.324 e. The van der Waals surface area contributed by atoms with Crippen LogP contribution < -0.4 is 10.6 Å². The third-order valence-electron chi connectivity index (χ3n) is 5.80. The number of aromatic nitrogens is 1. The molecule has 2 aromatic rings. The monoisotopic (exact) mass is 421 g/mol. The first-order valence-corrected chi connectivity index (χ1v) is 10.7. The fourth-order valence-electron chi connectivity index (χ4n) is 4.21. The lowest BCUT2D eigenvalue weighted by Gasteiger charge is -2.36. The number of benzene rings is 1. The van der Waals surface area contributed by atoms with Crippen molar-refractivity contribution in [3.8, 4) is 0 Å². The number of pyridine rings is 1. The molecule has 1 aromatic carbocycles. The maximum absolute atomic E-state index is 13.0. The number of nitrogens with one attached hydrogen (secondary N) is 2. The lowest BCUT2D eigenvalue weighted by atomic mass is 9.95. The highest BCUT2D eigenvalue weighted by Crippen LogP contribution is 2.31. The summed E-state index contributed by atoms with van der Waals surface area (Å²) in [6.45, 7) is 2.19. The van der Waals surface area contributed by atoms with Crippen molar-refractivity contribution in [1.29, 1.82) is 0 Å². The van der Waals surface area contributed by atoms with Crippen molar-refractivity contribution >= 4 is 17.8 Å². The molecule has 2 saturated heterocycles. The minimum absolute atomic E-state index is 0.137. The number of piperidine rings is 1. The van der Waals surface area contributed by atoms with Gasteiger partial charge in [-0.1, -0.05) is 36.8 Å². The van der Waals surface area contributed by atoms with Crippen molar-refractivity contribution in [2.24, 2.45) is 0 Å². The standard InChI is InChI=1S/C23H27N5O3/c29-20(28-14-12-25-23(28)31)16-27-13-5-4-10-19(27)21-18(9-6-11-24-21)22(30)26-15-17-7-2-1-3-8-17/h1-3,6-9,11,19H,4-5,10,12-16H2,(H,25,31)(H,26,30)/t19-/m1/s1. The highest BCUT2D eigenvalue weighted by Gasteiger charge is 2.33. The fraction of sp³-hybridized carbons (Fsp3) is 0.391. The van der Waals surface area contributed by atoms with E-state index >= 15 is 0 Å². The van der Waals surface area contributed by atoms with E-state index in [0.29, 0.717) is 30.9 Å². The molecule has 0 bridgehead atoms. The molecule has 31 heavy (non-hydrogen) atoms. The Labute approximate surface area is 181 Å². The second-order valence-corrected chi connectivity index (χ2v) is 7.86. The van der Waals surface area contributed by atoms with Crippen LogP contribution >= 0.6 is 0 Å². The quantitative estimate of drug-likeness (QED) is 0.745. The van der Waals surface area contributed by atoms with Gasteiger partial charge in [0.05, 0.1) is 23.8 Å². The Kier molecular flexibility index (Phi) is 6.57. The molecule has 2 aliphatic heterocycles. The van der Waals surface area contributed by atoms with Crippen molar-refractivity contribution in [1.82, 2.24) is 25.4 Å². The number of rotatable bonds is 6. The first kappa shape index (κ1) is 21.0. The number of urea groups is 1. The fourth-order valence-corrected chi connectivity index (χ4v) is 4.21. The van der Waals surface area contributed by atoms with Crippen molar-refractivity contribution in [2.45, 2.75) is 31.8 Å². The van der Waals surface area contributed by atoms with Crippen LogP contribution in [0.5, 0.6) is 0 Å². The second-order valence-electron chi connectivity index (χ2n) is 7.86. The number of carbonyl (C=O) groups is 3. The summed E-state index contributed by atoms with van der Waals surface area (Å²) in [5.41, 5.74) is 2.24. The molecule has 1 atom stereocenters. The van der Waals surface area contributed by atoms with Crippen LogP contribution in [-0.4, -0.2) is 58.8 Å². The second kappa shape index (κ2) is 9.70. The summed E-state index contributed by atoms with van der Waals surface area (Å²) in [7, 11) is 0. The molecule has 8 nitrogen and oxygen atoms in total. The highest BCUT2D eigenvalue weighted by molar-refractivity contribution is 5.97. The van der Waals surface area contributed by atoms with Crippen LogP contribution in [0.2, 0.25) is 0 Å². The number of amides is 4. The van der Waals surface area contributed by atoms with Gasteiger partial charge in [0.1, 0.15) is 0 Å². The van der Waals surface area contributed by atoms with Gasteiger partial charge in [-0.3, -0.25) is 24.4 Å². The van der Waals surface area contributed by atoms with Crippen LogP contribution in [0.15, 0.2) is 48.7 Å². The maximum Gasteiger partial charge on any atom is 0.324 e. The summed E-state index contributed by atoms with van der Waals surface area (Å²) in [6.07, 6.45) is 4.47. The first-order chi connectivity index (χ1) is 15.1. The minimum atomic E-state index is -0.336. The zero-order chi connectivity index (χ0) is 21.6. The van der Waals surface area contributed by atoms with Gasteiger partial charge in [-0.25, -0.2) is 4.79 Å². The molecule has 8 heteroatoms. The van der Waals surface area contributed by atoms with Gasteiger partial charge >= 0.3 is 6.03 Å². The molecule has 1 aromatic heterocycles. The van der Waals surface area contributed by atoms with Gasteiger partial charge in [-0.05, 0) is 37.1 Å². The molecule has 2 aliphatic rings. The molecule has 4 rings (SSSR count). The molecular weight excluding hydrogens is 394 g/mol. The lowest BCUT2D eigenvalue weighted by molar-refractivity contribution is -0.129. The molecular formula is C23H27N5O3. The first-order valence-electron chi connectivity index (χ1n) is 10.7. The van der Waals surface area contributed by atoms with Crippen LogP contribution in [0, 0.1) is 0 Å². The van der Waals surface area contributed by atoms with Crippen molar-refractivity contribution < 1.29 is 14.4 Å². The van der Waals surface area contributed by atoms with E-state index in [-0.39, 0.29) is 30.4 Å². The van der Waals surface area contributed by atoms with Crippen molar-refractivity contribution in [3.63, 3.8) is 0 Å². The van der Waals surface area contributed by atoms with E-state index in [2.05, 4.69) is 15.6 Å². The van der Waals surface area contributed by atoms with E-state index in [1.54, 1.807) is 18.3 Å². The van der Waals surface area contributed by atoms with E-state index in [9.17, 15) is 14.4 Å². The maximum atomic E-state index is 13.0. The zero-order valence-corrected chi connectivity index (χ0v) is 17.4. The van der Waals surface area contributed by atoms with Gasteiger partial charge < -0.3 is 10.6 Å². The summed E-state index contributed by atoms with van der Waals surface area (Å²) in [5.74, 6) is -0.393. The predicted molar refractivity (Wildman–Crippen MR) is 115 cm³/mol. The average molecular weight is 422 g/mol. The SMILES string of the molecule is O=C(NCc1ccccc1)c1cccnc1[C@H]1CCCCN1CC(=O)N1CCNC1=O. The van der Waals surface area contributed by atoms with Gasteiger partial charge in [-0.2, -0.15) is 0 Å². The minimum Gasteiger partial charge on any atom is -0.348 e. The van der Waals surface area contributed by atoms with Crippen molar-refractivity contribution in [3.05, 3.63) is 65.5 Å². The summed E-state index contributed by atoms with van der Waals surface area (Å²) in [4.78, 5) is 45.4. The Hall–Kier alpha value is -3.26. The van der Waals surface area contributed by atoms with Crippen molar-refractivity contribution in [2.75, 3.05) is 26.2 Å². The number of likely N-dealkylation sites (tertiary alicyclic amines) is 1. The lowest BCUT2D eigenvalue weighted by Crippen LogP contribution is -2.45. The van der Waals surface area contributed by atoms with Gasteiger partial charge in [0, 0.05) is 25.8 Å². The third kappa shape index (κ3) is 4.91. The van der Waals surface area contributed by atoms with Crippen LogP contribution in [-0.2, 0) is 11.3 Å². The Bertz CT molecular complexity index is 949. The Morgan fingerprint density at radius 1 is 1.10 bits per heavy atom. The number of hydrogen-bond donors (Lipinski definition) is 2. The molecule has 2 N–H and O–H groups in total. The van der Waals surface area contributed by atoms with E-state index in [1.165, 1.54) is 4.90 Å². The van der Waals surface area contributed by atoms with E-state index in [1.807, 2.05) is 35.2 Å². The molecule has 0 spiro atoms. The Morgan fingerprint density at radius 2 is 1.94 bits per heavy atom. The molecule has 4 amide bonds. The summed E-state index contributed by atoms with van der Waals surface area (Å²) in [5, 5.41) is 5.64. The normalized spacial score (nSPS) is 19.2. The summed E-state index contributed by atoms with van der Waals surface area (Å²) in [6, 6.07) is 12.8.